The SMILES string of the molecule is O=C(CSc1nc2scc(C3CC3)c2c(=O)n1-c1ccccc1)NC(=O)NC1CCCCC1. The summed E-state index contributed by atoms with van der Waals surface area (Å²) in [7, 11) is 0. The minimum atomic E-state index is -0.455. The fraction of sp³-hybridized carbons (Fsp3) is 0.417. The lowest BCUT2D eigenvalue weighted by Gasteiger charge is -2.22. The molecule has 172 valence electrons. The van der Waals surface area contributed by atoms with Crippen LogP contribution in [0.5, 0.6) is 0 Å². The van der Waals surface area contributed by atoms with Gasteiger partial charge in [0.05, 0.1) is 16.8 Å². The van der Waals surface area contributed by atoms with E-state index in [1.807, 2.05) is 35.7 Å². The van der Waals surface area contributed by atoms with Crippen molar-refractivity contribution >= 4 is 45.3 Å². The molecule has 0 saturated heterocycles. The highest BCUT2D eigenvalue weighted by molar-refractivity contribution is 7.99. The zero-order valence-electron chi connectivity index (χ0n) is 18.2. The van der Waals surface area contributed by atoms with E-state index in [0.29, 0.717) is 27.0 Å². The van der Waals surface area contributed by atoms with E-state index in [2.05, 4.69) is 10.6 Å². The van der Waals surface area contributed by atoms with Crippen molar-refractivity contribution < 1.29 is 9.59 Å². The van der Waals surface area contributed by atoms with Gasteiger partial charge in [0.1, 0.15) is 4.83 Å². The summed E-state index contributed by atoms with van der Waals surface area (Å²) < 4.78 is 1.58. The van der Waals surface area contributed by atoms with E-state index in [9.17, 15) is 14.4 Å². The smallest absolute Gasteiger partial charge is 0.321 e. The number of rotatable bonds is 6. The highest BCUT2D eigenvalue weighted by atomic mass is 32.2. The third kappa shape index (κ3) is 4.99. The fourth-order valence-corrected chi connectivity index (χ4v) is 6.23. The van der Waals surface area contributed by atoms with Crippen molar-refractivity contribution in [3.05, 3.63) is 51.6 Å². The molecule has 9 heteroatoms. The van der Waals surface area contributed by atoms with Gasteiger partial charge in [0, 0.05) is 6.04 Å². The number of carbonyl (C=O) groups excluding carboxylic acids is 2. The quantitative estimate of drug-likeness (QED) is 0.396. The van der Waals surface area contributed by atoms with Gasteiger partial charge in [-0.3, -0.25) is 19.5 Å². The van der Waals surface area contributed by atoms with Crippen molar-refractivity contribution in [2.75, 3.05) is 5.75 Å². The van der Waals surface area contributed by atoms with E-state index in [0.717, 1.165) is 44.1 Å². The van der Waals surface area contributed by atoms with Crippen molar-refractivity contribution in [3.8, 4) is 5.69 Å². The molecule has 2 aliphatic rings. The van der Waals surface area contributed by atoms with Crippen LogP contribution in [0.4, 0.5) is 4.79 Å². The molecule has 2 heterocycles. The summed E-state index contributed by atoms with van der Waals surface area (Å²) in [5.74, 6) is 0.0283. The van der Waals surface area contributed by atoms with E-state index < -0.39 is 11.9 Å². The summed E-state index contributed by atoms with van der Waals surface area (Å²) in [6.07, 6.45) is 7.52. The largest absolute Gasteiger partial charge is 0.335 e. The van der Waals surface area contributed by atoms with Crippen LogP contribution in [-0.4, -0.2) is 33.3 Å². The summed E-state index contributed by atoms with van der Waals surface area (Å²) >= 11 is 2.64. The molecule has 2 N–H and O–H groups in total. The highest BCUT2D eigenvalue weighted by Gasteiger charge is 2.29. The highest BCUT2D eigenvalue weighted by Crippen LogP contribution is 2.44. The van der Waals surface area contributed by atoms with Gasteiger partial charge in [-0.2, -0.15) is 0 Å². The van der Waals surface area contributed by atoms with Crippen LogP contribution in [-0.2, 0) is 4.79 Å². The molecule has 0 spiro atoms. The molecule has 2 aromatic heterocycles. The van der Waals surface area contributed by atoms with Gasteiger partial charge < -0.3 is 5.32 Å². The fourth-order valence-electron chi connectivity index (χ4n) is 4.35. The maximum Gasteiger partial charge on any atom is 0.321 e. The molecule has 0 bridgehead atoms. The number of benzene rings is 1. The zero-order chi connectivity index (χ0) is 22.8. The van der Waals surface area contributed by atoms with Crippen molar-refractivity contribution in [2.45, 2.75) is 62.1 Å². The Kier molecular flexibility index (Phi) is 6.50. The number of nitrogens with zero attached hydrogens (tertiary/aromatic N) is 2. The molecular formula is C24H26N4O3S2. The number of urea groups is 1. The van der Waals surface area contributed by atoms with E-state index in [1.165, 1.54) is 29.5 Å². The first-order valence-corrected chi connectivity index (χ1v) is 13.3. The second-order valence-corrected chi connectivity index (χ2v) is 10.5. The van der Waals surface area contributed by atoms with Gasteiger partial charge in [-0.05, 0) is 54.7 Å². The van der Waals surface area contributed by atoms with Crippen LogP contribution in [0.15, 0.2) is 45.7 Å². The Morgan fingerprint density at radius 3 is 2.58 bits per heavy atom. The Labute approximate surface area is 200 Å². The molecule has 2 fully saturated rings. The Hall–Kier alpha value is -2.65. The van der Waals surface area contributed by atoms with E-state index in [1.54, 1.807) is 4.57 Å². The maximum absolute atomic E-state index is 13.6. The van der Waals surface area contributed by atoms with Gasteiger partial charge in [-0.1, -0.05) is 49.2 Å². The average Bonchev–Trinajstić information content (AvgIpc) is 3.58. The first kappa shape index (κ1) is 22.2. The molecule has 3 aromatic rings. The zero-order valence-corrected chi connectivity index (χ0v) is 19.8. The Morgan fingerprint density at radius 2 is 1.85 bits per heavy atom. The first-order valence-electron chi connectivity index (χ1n) is 11.4. The molecule has 3 amide bonds. The predicted octanol–water partition coefficient (Wildman–Crippen LogP) is 4.58. The molecule has 0 atom stereocenters. The standard InChI is InChI=1S/C24H26N4O3S2/c29-19(26-23(31)25-16-7-3-1-4-8-16)14-33-24-27-21-20(18(13-32-21)15-11-12-15)22(30)28(24)17-9-5-2-6-10-17/h2,5-6,9-10,13,15-16H,1,3-4,7-8,11-12,14H2,(H2,25,26,29,31). The van der Waals surface area contributed by atoms with E-state index >= 15 is 0 Å². The number of amides is 3. The van der Waals surface area contributed by atoms with Gasteiger partial charge in [0.2, 0.25) is 5.91 Å². The number of hydrogen-bond donors (Lipinski definition) is 2. The third-order valence-corrected chi connectivity index (χ3v) is 7.99. The molecule has 33 heavy (non-hydrogen) atoms. The number of carbonyl (C=O) groups is 2. The lowest BCUT2D eigenvalue weighted by Crippen LogP contribution is -2.45. The van der Waals surface area contributed by atoms with Crippen LogP contribution >= 0.6 is 23.1 Å². The second kappa shape index (κ2) is 9.69. The van der Waals surface area contributed by atoms with Gasteiger partial charge in [-0.15, -0.1) is 11.3 Å². The normalized spacial score (nSPS) is 16.6. The van der Waals surface area contributed by atoms with E-state index in [-0.39, 0.29) is 17.4 Å². The molecule has 0 unspecified atom stereocenters. The van der Waals surface area contributed by atoms with Crippen molar-refractivity contribution in [1.82, 2.24) is 20.2 Å². The third-order valence-electron chi connectivity index (χ3n) is 6.16. The maximum atomic E-state index is 13.6. The van der Waals surface area contributed by atoms with Crippen LogP contribution in [0.25, 0.3) is 15.9 Å². The number of aromatic nitrogens is 2. The summed E-state index contributed by atoms with van der Waals surface area (Å²) in [5, 5.41) is 8.48. The van der Waals surface area contributed by atoms with Gasteiger partial charge in [0.15, 0.2) is 5.16 Å². The summed E-state index contributed by atoms with van der Waals surface area (Å²) in [5.41, 5.74) is 1.70. The van der Waals surface area contributed by atoms with Crippen molar-refractivity contribution in [1.29, 1.82) is 0 Å². The number of nitrogens with one attached hydrogen (secondary N) is 2. The number of para-hydroxylation sites is 1. The van der Waals surface area contributed by atoms with Crippen LogP contribution < -0.4 is 16.2 Å². The Balaban J connectivity index is 1.35. The van der Waals surface area contributed by atoms with Crippen LogP contribution in [0, 0.1) is 0 Å². The lowest BCUT2D eigenvalue weighted by molar-refractivity contribution is -0.117. The Morgan fingerprint density at radius 1 is 1.09 bits per heavy atom. The van der Waals surface area contributed by atoms with Gasteiger partial charge in [-0.25, -0.2) is 9.78 Å². The molecule has 2 aliphatic carbocycles. The summed E-state index contributed by atoms with van der Waals surface area (Å²) in [4.78, 5) is 43.7. The van der Waals surface area contributed by atoms with Gasteiger partial charge in [0.25, 0.3) is 5.56 Å². The number of fused-ring (bicyclic) bond motifs is 1. The Bertz CT molecular complexity index is 1230. The molecular weight excluding hydrogens is 456 g/mol. The number of thioether (sulfide) groups is 1. The van der Waals surface area contributed by atoms with Crippen molar-refractivity contribution in [3.63, 3.8) is 0 Å². The number of imide groups is 1. The molecule has 2 saturated carbocycles. The topological polar surface area (TPSA) is 93.1 Å². The second-order valence-electron chi connectivity index (χ2n) is 8.66. The monoisotopic (exact) mass is 482 g/mol. The van der Waals surface area contributed by atoms with Crippen LogP contribution in [0.3, 0.4) is 0 Å². The molecule has 5 rings (SSSR count). The lowest BCUT2D eigenvalue weighted by atomic mass is 9.96. The minimum Gasteiger partial charge on any atom is -0.335 e. The first-order chi connectivity index (χ1) is 16.1. The molecule has 1 aromatic carbocycles. The van der Waals surface area contributed by atoms with Crippen molar-refractivity contribution in [2.24, 2.45) is 0 Å². The molecule has 0 aliphatic heterocycles. The van der Waals surface area contributed by atoms with E-state index in [4.69, 9.17) is 4.98 Å². The number of hydrogen-bond acceptors (Lipinski definition) is 6. The average molecular weight is 483 g/mol. The molecule has 7 nitrogen and oxygen atoms in total. The number of thiophene rings is 1. The van der Waals surface area contributed by atoms with Crippen LogP contribution in [0.2, 0.25) is 0 Å². The summed E-state index contributed by atoms with van der Waals surface area (Å²) in [6.45, 7) is 0. The summed E-state index contributed by atoms with van der Waals surface area (Å²) in [6, 6.07) is 9.04. The van der Waals surface area contributed by atoms with Crippen LogP contribution in [0.1, 0.15) is 56.4 Å². The molecule has 0 radical (unpaired) electrons. The van der Waals surface area contributed by atoms with Gasteiger partial charge >= 0.3 is 6.03 Å². The predicted molar refractivity (Wildman–Crippen MR) is 131 cm³/mol. The minimum absolute atomic E-state index is 0.0102.